The van der Waals surface area contributed by atoms with Crippen molar-refractivity contribution < 1.29 is 19.0 Å². The molecule has 1 aromatic heterocycles. The number of rotatable bonds is 6. The summed E-state index contributed by atoms with van der Waals surface area (Å²) in [5.41, 5.74) is 2.34. The molecule has 148 valence electrons. The molecule has 1 aliphatic heterocycles. The maximum Gasteiger partial charge on any atom is 0.251 e. The van der Waals surface area contributed by atoms with Gasteiger partial charge in [0.2, 0.25) is 5.88 Å². The van der Waals surface area contributed by atoms with E-state index >= 15 is 0 Å². The van der Waals surface area contributed by atoms with E-state index in [1.165, 1.54) is 0 Å². The molecule has 1 N–H and O–H groups in total. The molecule has 7 heteroatoms. The number of hydrogen-bond donors (Lipinski definition) is 1. The van der Waals surface area contributed by atoms with Crippen LogP contribution in [0.5, 0.6) is 17.4 Å². The highest BCUT2D eigenvalue weighted by atomic mass is 35.5. The van der Waals surface area contributed by atoms with Crippen LogP contribution in [0.25, 0.3) is 0 Å². The first-order valence-electron chi connectivity index (χ1n) is 9.18. The van der Waals surface area contributed by atoms with Crippen molar-refractivity contribution in [3.63, 3.8) is 0 Å². The van der Waals surface area contributed by atoms with E-state index in [9.17, 15) is 4.79 Å². The summed E-state index contributed by atoms with van der Waals surface area (Å²) in [5.74, 6) is 1.20. The number of carbonyl (C=O) groups excluding carboxylic acids is 1. The zero-order valence-electron chi connectivity index (χ0n) is 15.6. The first kappa shape index (κ1) is 19.1. The second-order valence-electron chi connectivity index (χ2n) is 6.44. The van der Waals surface area contributed by atoms with Crippen LogP contribution in [0.1, 0.15) is 21.5 Å². The number of nitrogens with one attached hydrogen (secondary N) is 1. The maximum absolute atomic E-state index is 12.5. The number of amides is 1. The summed E-state index contributed by atoms with van der Waals surface area (Å²) >= 11 is 6.20. The molecule has 0 bridgehead atoms. The fraction of sp³-hybridized carbons (Fsp3) is 0.182. The van der Waals surface area contributed by atoms with Crippen molar-refractivity contribution in [3.05, 3.63) is 82.5 Å². The van der Waals surface area contributed by atoms with Gasteiger partial charge in [0.1, 0.15) is 19.8 Å². The molecule has 0 aliphatic carbocycles. The first-order valence-corrected chi connectivity index (χ1v) is 9.56. The number of pyridine rings is 1. The van der Waals surface area contributed by atoms with Crippen molar-refractivity contribution >= 4 is 17.5 Å². The molecule has 0 saturated carbocycles. The smallest absolute Gasteiger partial charge is 0.251 e. The second-order valence-corrected chi connectivity index (χ2v) is 6.85. The molecule has 0 radical (unpaired) electrons. The topological polar surface area (TPSA) is 69.7 Å². The molecule has 2 heterocycles. The Kier molecular flexibility index (Phi) is 5.81. The molecular weight excluding hydrogens is 392 g/mol. The number of nitrogens with zero attached hydrogens (tertiary/aromatic N) is 1. The Hall–Kier alpha value is -3.25. The molecule has 1 amide bonds. The lowest BCUT2D eigenvalue weighted by Gasteiger charge is -2.20. The van der Waals surface area contributed by atoms with Crippen LogP contribution in [-0.2, 0) is 13.2 Å². The van der Waals surface area contributed by atoms with Gasteiger partial charge in [-0.25, -0.2) is 4.98 Å². The lowest BCUT2D eigenvalue weighted by molar-refractivity contribution is 0.0949. The van der Waals surface area contributed by atoms with Gasteiger partial charge in [-0.3, -0.25) is 4.79 Å². The van der Waals surface area contributed by atoms with E-state index in [2.05, 4.69) is 10.3 Å². The van der Waals surface area contributed by atoms with Crippen molar-refractivity contribution in [2.24, 2.45) is 0 Å². The zero-order chi connectivity index (χ0) is 20.1. The number of benzene rings is 2. The van der Waals surface area contributed by atoms with Crippen LogP contribution >= 0.6 is 11.6 Å². The maximum atomic E-state index is 12.5. The van der Waals surface area contributed by atoms with Crippen molar-refractivity contribution in [2.75, 3.05) is 13.2 Å². The molecule has 1 aliphatic rings. The monoisotopic (exact) mass is 410 g/mol. The first-order chi connectivity index (χ1) is 14.2. The third kappa shape index (κ3) is 4.78. The van der Waals surface area contributed by atoms with E-state index in [4.69, 9.17) is 25.8 Å². The van der Waals surface area contributed by atoms with E-state index < -0.39 is 0 Å². The average Bonchev–Trinajstić information content (AvgIpc) is 2.77. The van der Waals surface area contributed by atoms with Gasteiger partial charge in [-0.05, 0) is 29.3 Å². The molecule has 0 unspecified atom stereocenters. The summed E-state index contributed by atoms with van der Waals surface area (Å²) in [6, 6.07) is 16.7. The lowest BCUT2D eigenvalue weighted by atomic mass is 10.1. The molecular formula is C22H19ClN2O4. The van der Waals surface area contributed by atoms with Crippen LogP contribution in [0.3, 0.4) is 0 Å². The van der Waals surface area contributed by atoms with Gasteiger partial charge < -0.3 is 19.5 Å². The van der Waals surface area contributed by atoms with Crippen LogP contribution in [0.4, 0.5) is 0 Å². The Morgan fingerprint density at radius 3 is 2.76 bits per heavy atom. The molecule has 0 fully saturated rings. The molecule has 2 aromatic carbocycles. The standard InChI is InChI=1S/C22H19ClN2O4/c23-18-11-17(12-19-21(18)28-9-8-27-19)22(26)25-13-16-6-7-24-20(10-16)29-14-15-4-2-1-3-5-15/h1-7,10-12H,8-9,13-14H2,(H,25,26). The molecule has 0 saturated heterocycles. The van der Waals surface area contributed by atoms with Crippen LogP contribution in [-0.4, -0.2) is 24.1 Å². The van der Waals surface area contributed by atoms with Gasteiger partial charge in [-0.2, -0.15) is 0 Å². The van der Waals surface area contributed by atoms with E-state index in [-0.39, 0.29) is 5.91 Å². The number of ether oxygens (including phenoxy) is 3. The Morgan fingerprint density at radius 1 is 1.07 bits per heavy atom. The highest BCUT2D eigenvalue weighted by molar-refractivity contribution is 6.32. The second kappa shape index (κ2) is 8.84. The van der Waals surface area contributed by atoms with Crippen LogP contribution in [0, 0.1) is 0 Å². The fourth-order valence-corrected chi connectivity index (χ4v) is 3.16. The van der Waals surface area contributed by atoms with Gasteiger partial charge in [-0.15, -0.1) is 0 Å². The van der Waals surface area contributed by atoms with Gasteiger partial charge in [-0.1, -0.05) is 41.9 Å². The zero-order valence-corrected chi connectivity index (χ0v) is 16.3. The number of aromatic nitrogens is 1. The number of carbonyl (C=O) groups is 1. The van der Waals surface area contributed by atoms with Crippen molar-refractivity contribution in [1.82, 2.24) is 10.3 Å². The SMILES string of the molecule is O=C(NCc1ccnc(OCc2ccccc2)c1)c1cc(Cl)c2c(c1)OCCO2. The van der Waals surface area contributed by atoms with Crippen molar-refractivity contribution in [2.45, 2.75) is 13.2 Å². The summed E-state index contributed by atoms with van der Waals surface area (Å²) in [5, 5.41) is 3.23. The Balaban J connectivity index is 1.37. The van der Waals surface area contributed by atoms with Gasteiger partial charge >= 0.3 is 0 Å². The lowest BCUT2D eigenvalue weighted by Crippen LogP contribution is -2.23. The Morgan fingerprint density at radius 2 is 1.90 bits per heavy atom. The van der Waals surface area contributed by atoms with Gasteiger partial charge in [0, 0.05) is 24.4 Å². The third-order valence-electron chi connectivity index (χ3n) is 4.34. The molecule has 0 atom stereocenters. The Bertz CT molecular complexity index is 1010. The summed E-state index contributed by atoms with van der Waals surface area (Å²) in [4.78, 5) is 16.8. The van der Waals surface area contributed by atoms with E-state index in [1.807, 2.05) is 36.4 Å². The molecule has 0 spiro atoms. The Labute approximate surface area is 173 Å². The summed E-state index contributed by atoms with van der Waals surface area (Å²) < 4.78 is 16.7. The van der Waals surface area contributed by atoms with Gasteiger partial charge in [0.25, 0.3) is 5.91 Å². The van der Waals surface area contributed by atoms with E-state index in [0.29, 0.717) is 54.3 Å². The fourth-order valence-electron chi connectivity index (χ4n) is 2.90. The highest BCUT2D eigenvalue weighted by Gasteiger charge is 2.19. The van der Waals surface area contributed by atoms with Crippen LogP contribution in [0.15, 0.2) is 60.8 Å². The predicted octanol–water partition coefficient (Wildman–Crippen LogP) is 4.02. The van der Waals surface area contributed by atoms with Crippen molar-refractivity contribution in [3.8, 4) is 17.4 Å². The highest BCUT2D eigenvalue weighted by Crippen LogP contribution is 2.38. The molecule has 6 nitrogen and oxygen atoms in total. The molecule has 3 aromatic rings. The number of hydrogen-bond acceptors (Lipinski definition) is 5. The van der Waals surface area contributed by atoms with Crippen molar-refractivity contribution in [1.29, 1.82) is 0 Å². The number of halogens is 1. The quantitative estimate of drug-likeness (QED) is 0.664. The summed E-state index contributed by atoms with van der Waals surface area (Å²) in [7, 11) is 0. The average molecular weight is 411 g/mol. The predicted molar refractivity (Wildman–Crippen MR) is 109 cm³/mol. The van der Waals surface area contributed by atoms with Gasteiger partial charge in [0.15, 0.2) is 11.5 Å². The number of fused-ring (bicyclic) bond motifs is 1. The molecule has 4 rings (SSSR count). The largest absolute Gasteiger partial charge is 0.486 e. The van der Waals surface area contributed by atoms with Crippen LogP contribution in [0.2, 0.25) is 5.02 Å². The third-order valence-corrected chi connectivity index (χ3v) is 4.62. The van der Waals surface area contributed by atoms with E-state index in [0.717, 1.165) is 11.1 Å². The van der Waals surface area contributed by atoms with Gasteiger partial charge in [0.05, 0.1) is 5.02 Å². The summed E-state index contributed by atoms with van der Waals surface area (Å²) in [6.07, 6.45) is 1.66. The minimum Gasteiger partial charge on any atom is -0.486 e. The molecule has 29 heavy (non-hydrogen) atoms. The minimum absolute atomic E-state index is 0.257. The van der Waals surface area contributed by atoms with E-state index in [1.54, 1.807) is 24.4 Å². The normalized spacial score (nSPS) is 12.3. The minimum atomic E-state index is -0.257. The summed E-state index contributed by atoms with van der Waals surface area (Å²) in [6.45, 7) is 1.63. The van der Waals surface area contributed by atoms with Crippen LogP contribution < -0.4 is 19.5 Å².